The first kappa shape index (κ1) is 16.3. The quantitative estimate of drug-likeness (QED) is 0.869. The monoisotopic (exact) mass is 315 g/mol. The molecule has 0 bridgehead atoms. The van der Waals surface area contributed by atoms with Crippen LogP contribution in [0.25, 0.3) is 0 Å². The zero-order valence-corrected chi connectivity index (χ0v) is 14.0. The van der Waals surface area contributed by atoms with Crippen LogP contribution in [0.15, 0.2) is 24.3 Å². The fraction of sp³-hybridized carbons (Fsp3) is 0.632. The van der Waals surface area contributed by atoms with E-state index in [1.807, 2.05) is 18.2 Å². The van der Waals surface area contributed by atoms with Crippen molar-refractivity contribution < 1.29 is 4.79 Å². The molecule has 0 spiro atoms. The molecule has 1 aromatic carbocycles. The average Bonchev–Trinajstić information content (AvgIpc) is 2.56. The second kappa shape index (κ2) is 7.82. The van der Waals surface area contributed by atoms with Crippen molar-refractivity contribution in [2.75, 3.05) is 31.9 Å². The van der Waals surface area contributed by atoms with Crippen molar-refractivity contribution in [2.24, 2.45) is 5.92 Å². The summed E-state index contributed by atoms with van der Waals surface area (Å²) >= 11 is 0. The topological polar surface area (TPSA) is 49.6 Å². The molecule has 1 heterocycles. The molecule has 4 nitrogen and oxygen atoms in total. The van der Waals surface area contributed by atoms with Gasteiger partial charge in [-0.15, -0.1) is 0 Å². The van der Waals surface area contributed by atoms with Crippen LogP contribution in [0.1, 0.15) is 44.1 Å². The molecule has 1 saturated carbocycles. The Balaban J connectivity index is 1.43. The van der Waals surface area contributed by atoms with Crippen LogP contribution < -0.4 is 5.73 Å². The lowest BCUT2D eigenvalue weighted by molar-refractivity contribution is -0.134. The number of rotatable bonds is 4. The molecule has 0 aromatic heterocycles. The van der Waals surface area contributed by atoms with Gasteiger partial charge < -0.3 is 10.6 Å². The molecule has 126 valence electrons. The number of anilines is 1. The number of benzene rings is 1. The Labute approximate surface area is 139 Å². The molecular weight excluding hydrogens is 286 g/mol. The Morgan fingerprint density at radius 2 is 1.83 bits per heavy atom. The predicted octanol–water partition coefficient (Wildman–Crippen LogP) is 2.88. The van der Waals surface area contributed by atoms with Crippen molar-refractivity contribution in [1.29, 1.82) is 0 Å². The van der Waals surface area contributed by atoms with Gasteiger partial charge in [-0.1, -0.05) is 31.4 Å². The van der Waals surface area contributed by atoms with E-state index in [1.54, 1.807) is 0 Å². The maximum Gasteiger partial charge on any atom is 0.222 e. The molecule has 23 heavy (non-hydrogen) atoms. The number of piperazine rings is 1. The predicted molar refractivity (Wildman–Crippen MR) is 93.9 cm³/mol. The standard InChI is InChI=1S/C19H29N3O/c20-18-8-4-7-17(13-18)15-21-9-11-22(12-10-21)19(23)14-16-5-2-1-3-6-16/h4,7-8,13,16H,1-3,5-6,9-12,14-15,20H2. The molecule has 0 radical (unpaired) electrons. The van der Waals surface area contributed by atoms with E-state index in [-0.39, 0.29) is 0 Å². The first-order valence-electron chi connectivity index (χ1n) is 9.05. The number of carbonyl (C=O) groups excluding carboxylic acids is 1. The summed E-state index contributed by atoms with van der Waals surface area (Å²) in [5.41, 5.74) is 7.92. The van der Waals surface area contributed by atoms with Gasteiger partial charge >= 0.3 is 0 Å². The van der Waals surface area contributed by atoms with E-state index in [9.17, 15) is 4.79 Å². The maximum absolute atomic E-state index is 12.5. The van der Waals surface area contributed by atoms with Crippen molar-refractivity contribution in [1.82, 2.24) is 9.80 Å². The van der Waals surface area contributed by atoms with E-state index < -0.39 is 0 Å². The van der Waals surface area contributed by atoms with E-state index in [1.165, 1.54) is 37.7 Å². The fourth-order valence-electron chi connectivity index (χ4n) is 3.87. The highest BCUT2D eigenvalue weighted by molar-refractivity contribution is 5.76. The summed E-state index contributed by atoms with van der Waals surface area (Å²) in [6.07, 6.45) is 7.25. The highest BCUT2D eigenvalue weighted by Crippen LogP contribution is 2.27. The van der Waals surface area contributed by atoms with Crippen LogP contribution in [0.3, 0.4) is 0 Å². The van der Waals surface area contributed by atoms with Gasteiger partial charge in [-0.2, -0.15) is 0 Å². The second-order valence-electron chi connectivity index (χ2n) is 7.11. The van der Waals surface area contributed by atoms with Crippen molar-refractivity contribution >= 4 is 11.6 Å². The van der Waals surface area contributed by atoms with Gasteiger partial charge in [0.1, 0.15) is 0 Å². The summed E-state index contributed by atoms with van der Waals surface area (Å²) in [4.78, 5) is 17.0. The third-order valence-corrected chi connectivity index (χ3v) is 5.27. The zero-order chi connectivity index (χ0) is 16.1. The molecule has 2 N–H and O–H groups in total. The highest BCUT2D eigenvalue weighted by Gasteiger charge is 2.24. The molecule has 0 unspecified atom stereocenters. The summed E-state index contributed by atoms with van der Waals surface area (Å²) in [7, 11) is 0. The van der Waals surface area contributed by atoms with Crippen molar-refractivity contribution in [2.45, 2.75) is 45.1 Å². The highest BCUT2D eigenvalue weighted by atomic mass is 16.2. The Morgan fingerprint density at radius 3 is 2.52 bits per heavy atom. The molecule has 1 saturated heterocycles. The number of nitrogen functional groups attached to an aromatic ring is 1. The molecule has 3 rings (SSSR count). The van der Waals surface area contributed by atoms with E-state index in [0.717, 1.165) is 44.8 Å². The molecule has 1 aliphatic heterocycles. The summed E-state index contributed by atoms with van der Waals surface area (Å²) in [6, 6.07) is 8.09. The Bertz CT molecular complexity index is 517. The third-order valence-electron chi connectivity index (χ3n) is 5.27. The van der Waals surface area contributed by atoms with Gasteiger partial charge in [-0.3, -0.25) is 9.69 Å². The van der Waals surface area contributed by atoms with Crippen LogP contribution in [0.2, 0.25) is 0 Å². The summed E-state index contributed by atoms with van der Waals surface area (Å²) < 4.78 is 0. The normalized spacial score (nSPS) is 20.6. The number of carbonyl (C=O) groups is 1. The van der Waals surface area contributed by atoms with E-state index in [0.29, 0.717) is 11.8 Å². The summed E-state index contributed by atoms with van der Waals surface area (Å²) in [6.45, 7) is 4.59. The van der Waals surface area contributed by atoms with Gasteiger partial charge in [-0.05, 0) is 36.5 Å². The molecule has 1 amide bonds. The van der Waals surface area contributed by atoms with Crippen LogP contribution >= 0.6 is 0 Å². The Hall–Kier alpha value is -1.55. The number of amides is 1. The minimum atomic E-state index is 0.375. The molecule has 1 aromatic rings. The van der Waals surface area contributed by atoms with Crippen LogP contribution in [-0.2, 0) is 11.3 Å². The van der Waals surface area contributed by atoms with E-state index >= 15 is 0 Å². The van der Waals surface area contributed by atoms with Crippen molar-refractivity contribution in [3.05, 3.63) is 29.8 Å². The van der Waals surface area contributed by atoms with E-state index in [2.05, 4.69) is 15.9 Å². The fourth-order valence-corrected chi connectivity index (χ4v) is 3.87. The minimum absolute atomic E-state index is 0.375. The smallest absolute Gasteiger partial charge is 0.222 e. The third kappa shape index (κ3) is 4.71. The molecule has 1 aliphatic carbocycles. The van der Waals surface area contributed by atoms with E-state index in [4.69, 9.17) is 5.73 Å². The maximum atomic E-state index is 12.5. The average molecular weight is 315 g/mol. The summed E-state index contributed by atoms with van der Waals surface area (Å²) in [5.74, 6) is 1.02. The Morgan fingerprint density at radius 1 is 1.09 bits per heavy atom. The molecular formula is C19H29N3O. The first-order valence-corrected chi connectivity index (χ1v) is 9.05. The number of nitrogens with zero attached hydrogens (tertiary/aromatic N) is 2. The zero-order valence-electron chi connectivity index (χ0n) is 14.0. The largest absolute Gasteiger partial charge is 0.399 e. The second-order valence-corrected chi connectivity index (χ2v) is 7.11. The van der Waals surface area contributed by atoms with Crippen LogP contribution in [0, 0.1) is 5.92 Å². The van der Waals surface area contributed by atoms with Gasteiger partial charge in [0.05, 0.1) is 0 Å². The lowest BCUT2D eigenvalue weighted by Crippen LogP contribution is -2.48. The number of nitrogens with two attached hydrogens (primary N) is 1. The van der Waals surface area contributed by atoms with Gasteiger partial charge in [0.25, 0.3) is 0 Å². The minimum Gasteiger partial charge on any atom is -0.399 e. The van der Waals surface area contributed by atoms with Gasteiger partial charge in [0.15, 0.2) is 0 Å². The molecule has 2 aliphatic rings. The number of hydrogen-bond acceptors (Lipinski definition) is 3. The van der Waals surface area contributed by atoms with Gasteiger partial charge in [-0.25, -0.2) is 0 Å². The summed E-state index contributed by atoms with van der Waals surface area (Å²) in [5, 5.41) is 0. The molecule has 2 fully saturated rings. The Kier molecular flexibility index (Phi) is 5.55. The molecule has 0 atom stereocenters. The molecule has 4 heteroatoms. The lowest BCUT2D eigenvalue weighted by atomic mass is 9.86. The van der Waals surface area contributed by atoms with Crippen LogP contribution in [-0.4, -0.2) is 41.9 Å². The first-order chi connectivity index (χ1) is 11.2. The van der Waals surface area contributed by atoms with Gasteiger partial charge in [0.2, 0.25) is 5.91 Å². The lowest BCUT2D eigenvalue weighted by Gasteiger charge is -2.35. The van der Waals surface area contributed by atoms with Crippen molar-refractivity contribution in [3.8, 4) is 0 Å². The van der Waals surface area contributed by atoms with Crippen LogP contribution in [0.5, 0.6) is 0 Å². The number of hydrogen-bond donors (Lipinski definition) is 1. The van der Waals surface area contributed by atoms with Crippen LogP contribution in [0.4, 0.5) is 5.69 Å². The SMILES string of the molecule is Nc1cccc(CN2CCN(C(=O)CC3CCCCC3)CC2)c1. The van der Waals surface area contributed by atoms with Gasteiger partial charge in [0, 0.05) is 44.8 Å². The van der Waals surface area contributed by atoms with Crippen molar-refractivity contribution in [3.63, 3.8) is 0 Å².